The molecule has 3 rings (SSSR count). The fourth-order valence-corrected chi connectivity index (χ4v) is 3.86. The first kappa shape index (κ1) is 18.7. The normalized spacial score (nSPS) is 10.9. The highest BCUT2D eigenvalue weighted by Gasteiger charge is 2.14. The van der Waals surface area contributed by atoms with E-state index in [0.717, 1.165) is 10.0 Å². The number of para-hydroxylation sites is 1. The van der Waals surface area contributed by atoms with E-state index in [1.807, 2.05) is 42.5 Å². The van der Waals surface area contributed by atoms with Crippen molar-refractivity contribution in [3.05, 3.63) is 68.9 Å². The number of nitrogens with zero attached hydrogens (tertiary/aromatic N) is 3. The van der Waals surface area contributed by atoms with Gasteiger partial charge in [0.2, 0.25) is 5.91 Å². The molecule has 0 atom stereocenters. The summed E-state index contributed by atoms with van der Waals surface area (Å²) >= 11 is 4.78. The summed E-state index contributed by atoms with van der Waals surface area (Å²) in [7, 11) is 3.45. The molecule has 0 saturated heterocycles. The van der Waals surface area contributed by atoms with Crippen LogP contribution >= 0.6 is 27.7 Å². The fourth-order valence-electron chi connectivity index (χ4n) is 2.53. The zero-order valence-corrected chi connectivity index (χ0v) is 16.9. The summed E-state index contributed by atoms with van der Waals surface area (Å²) in [6.07, 6.45) is 0. The van der Waals surface area contributed by atoms with Gasteiger partial charge in [0.25, 0.3) is 5.56 Å². The molecule has 0 unspecified atom stereocenters. The third-order valence-corrected chi connectivity index (χ3v) is 5.85. The Balaban J connectivity index is 1.71. The second-order valence-electron chi connectivity index (χ2n) is 5.91. The molecule has 7 heteroatoms. The lowest BCUT2D eigenvalue weighted by Gasteiger charge is -2.18. The molecule has 0 bridgehead atoms. The highest BCUT2D eigenvalue weighted by molar-refractivity contribution is 9.10. The Morgan fingerprint density at radius 1 is 1.19 bits per heavy atom. The van der Waals surface area contributed by atoms with Crippen molar-refractivity contribution in [1.82, 2.24) is 14.5 Å². The third kappa shape index (κ3) is 3.99. The molecule has 1 aromatic heterocycles. The monoisotopic (exact) mass is 431 g/mol. The van der Waals surface area contributed by atoms with Crippen LogP contribution in [0.3, 0.4) is 0 Å². The topological polar surface area (TPSA) is 55.2 Å². The standard InChI is InChI=1S/C19H18BrN3O2S/c1-22(11-13-7-3-5-9-15(13)20)17(24)12-26-19-21-16-10-6-4-8-14(16)18(25)23(19)2/h3-10H,11-12H2,1-2H3. The van der Waals surface area contributed by atoms with E-state index in [2.05, 4.69) is 20.9 Å². The smallest absolute Gasteiger partial charge is 0.261 e. The van der Waals surface area contributed by atoms with Crippen molar-refractivity contribution in [3.8, 4) is 0 Å². The minimum Gasteiger partial charge on any atom is -0.341 e. The molecule has 26 heavy (non-hydrogen) atoms. The van der Waals surface area contributed by atoms with Crippen LogP contribution < -0.4 is 5.56 Å². The van der Waals surface area contributed by atoms with Crippen molar-refractivity contribution in [2.45, 2.75) is 11.7 Å². The van der Waals surface area contributed by atoms with E-state index in [1.54, 1.807) is 25.1 Å². The molecule has 134 valence electrons. The van der Waals surface area contributed by atoms with Crippen LogP contribution in [0.15, 0.2) is 63.0 Å². The average molecular weight is 432 g/mol. The van der Waals surface area contributed by atoms with E-state index in [4.69, 9.17) is 0 Å². The Kier molecular flexibility index (Phi) is 5.78. The molecule has 5 nitrogen and oxygen atoms in total. The molecule has 0 saturated carbocycles. The lowest BCUT2D eigenvalue weighted by molar-refractivity contribution is -0.127. The number of hydrogen-bond acceptors (Lipinski definition) is 4. The van der Waals surface area contributed by atoms with Gasteiger partial charge in [-0.25, -0.2) is 4.98 Å². The Labute approximate surface area is 164 Å². The number of aromatic nitrogens is 2. The van der Waals surface area contributed by atoms with Gasteiger partial charge in [-0.3, -0.25) is 14.2 Å². The van der Waals surface area contributed by atoms with Crippen molar-refractivity contribution in [3.63, 3.8) is 0 Å². The SMILES string of the molecule is CN(Cc1ccccc1Br)C(=O)CSc1nc2ccccc2c(=O)n1C. The second-order valence-corrected chi connectivity index (χ2v) is 7.70. The maximum atomic E-state index is 12.5. The third-order valence-electron chi connectivity index (χ3n) is 4.06. The number of amides is 1. The van der Waals surface area contributed by atoms with Crippen molar-refractivity contribution in [2.24, 2.45) is 7.05 Å². The molecule has 3 aromatic rings. The van der Waals surface area contributed by atoms with Gasteiger partial charge in [-0.2, -0.15) is 0 Å². The van der Waals surface area contributed by atoms with Gasteiger partial charge in [0.05, 0.1) is 16.7 Å². The molecule has 0 spiro atoms. The van der Waals surface area contributed by atoms with Gasteiger partial charge in [-0.05, 0) is 23.8 Å². The first-order chi connectivity index (χ1) is 12.5. The molecule has 0 aliphatic carbocycles. The summed E-state index contributed by atoms with van der Waals surface area (Å²) in [5, 5.41) is 1.12. The summed E-state index contributed by atoms with van der Waals surface area (Å²) in [6.45, 7) is 0.519. The van der Waals surface area contributed by atoms with Crippen LogP contribution in [-0.4, -0.2) is 33.2 Å². The Morgan fingerprint density at radius 3 is 2.65 bits per heavy atom. The second kappa shape index (κ2) is 8.05. The molecule has 0 aliphatic heterocycles. The summed E-state index contributed by atoms with van der Waals surface area (Å²) < 4.78 is 2.47. The Bertz CT molecular complexity index is 1020. The summed E-state index contributed by atoms with van der Waals surface area (Å²) in [6, 6.07) is 15.1. The van der Waals surface area contributed by atoms with Gasteiger partial charge in [0.1, 0.15) is 0 Å². The van der Waals surface area contributed by atoms with Crippen molar-refractivity contribution in [1.29, 1.82) is 0 Å². The molecular formula is C19H18BrN3O2S. The predicted molar refractivity (Wildman–Crippen MR) is 108 cm³/mol. The van der Waals surface area contributed by atoms with Gasteiger partial charge in [0, 0.05) is 25.1 Å². The number of rotatable bonds is 5. The number of halogens is 1. The van der Waals surface area contributed by atoms with Gasteiger partial charge in [0.15, 0.2) is 5.16 Å². The zero-order chi connectivity index (χ0) is 18.7. The number of fused-ring (bicyclic) bond motifs is 1. The van der Waals surface area contributed by atoms with E-state index in [-0.39, 0.29) is 17.2 Å². The summed E-state index contributed by atoms with van der Waals surface area (Å²) in [5.74, 6) is 0.202. The minimum atomic E-state index is -0.105. The quantitative estimate of drug-likeness (QED) is 0.458. The van der Waals surface area contributed by atoms with Crippen LogP contribution in [0.5, 0.6) is 0 Å². The van der Waals surface area contributed by atoms with E-state index in [9.17, 15) is 9.59 Å². The van der Waals surface area contributed by atoms with Crippen molar-refractivity contribution in [2.75, 3.05) is 12.8 Å². The molecule has 2 aromatic carbocycles. The van der Waals surface area contributed by atoms with Crippen LogP contribution in [0.2, 0.25) is 0 Å². The van der Waals surface area contributed by atoms with E-state index >= 15 is 0 Å². The predicted octanol–water partition coefficient (Wildman–Crippen LogP) is 3.45. The van der Waals surface area contributed by atoms with Crippen LogP contribution in [0.4, 0.5) is 0 Å². The molecule has 0 radical (unpaired) electrons. The van der Waals surface area contributed by atoms with Crippen LogP contribution in [-0.2, 0) is 18.4 Å². The molecule has 0 fully saturated rings. The number of thioether (sulfide) groups is 1. The molecule has 0 aliphatic rings. The molecule has 1 heterocycles. The minimum absolute atomic E-state index is 0.0202. The summed E-state index contributed by atoms with van der Waals surface area (Å²) in [4.78, 5) is 31.1. The molecule has 1 amide bonds. The first-order valence-corrected chi connectivity index (χ1v) is 9.81. The van der Waals surface area contributed by atoms with Gasteiger partial charge in [-0.1, -0.05) is 58.0 Å². The van der Waals surface area contributed by atoms with Gasteiger partial charge < -0.3 is 4.90 Å². The molecular weight excluding hydrogens is 414 g/mol. The van der Waals surface area contributed by atoms with Gasteiger partial charge >= 0.3 is 0 Å². The average Bonchev–Trinajstić information content (AvgIpc) is 2.65. The zero-order valence-electron chi connectivity index (χ0n) is 14.5. The lowest BCUT2D eigenvalue weighted by Crippen LogP contribution is -2.28. The number of carbonyl (C=O) groups is 1. The van der Waals surface area contributed by atoms with E-state index < -0.39 is 0 Å². The first-order valence-electron chi connectivity index (χ1n) is 8.03. The lowest BCUT2D eigenvalue weighted by atomic mass is 10.2. The van der Waals surface area contributed by atoms with Crippen LogP contribution in [0, 0.1) is 0 Å². The highest BCUT2D eigenvalue weighted by Crippen LogP contribution is 2.20. The summed E-state index contributed by atoms with van der Waals surface area (Å²) in [5.41, 5.74) is 1.59. The van der Waals surface area contributed by atoms with Crippen molar-refractivity contribution >= 4 is 44.5 Å². The number of benzene rings is 2. The van der Waals surface area contributed by atoms with Gasteiger partial charge in [-0.15, -0.1) is 0 Å². The maximum Gasteiger partial charge on any atom is 0.261 e. The largest absolute Gasteiger partial charge is 0.341 e. The van der Waals surface area contributed by atoms with E-state index in [0.29, 0.717) is 22.6 Å². The maximum absolute atomic E-state index is 12.5. The van der Waals surface area contributed by atoms with Crippen LogP contribution in [0.1, 0.15) is 5.56 Å². The Morgan fingerprint density at radius 2 is 1.88 bits per heavy atom. The number of carbonyl (C=O) groups excluding carboxylic acids is 1. The Hall–Kier alpha value is -2.12. The van der Waals surface area contributed by atoms with E-state index in [1.165, 1.54) is 16.3 Å². The fraction of sp³-hybridized carbons (Fsp3) is 0.211. The number of hydrogen-bond donors (Lipinski definition) is 0. The highest BCUT2D eigenvalue weighted by atomic mass is 79.9. The van der Waals surface area contributed by atoms with Crippen molar-refractivity contribution < 1.29 is 4.79 Å². The van der Waals surface area contributed by atoms with Crippen LogP contribution in [0.25, 0.3) is 10.9 Å². The molecule has 0 N–H and O–H groups in total.